The van der Waals surface area contributed by atoms with Crippen molar-refractivity contribution in [2.75, 3.05) is 0 Å². The van der Waals surface area contributed by atoms with Gasteiger partial charge in [0.2, 0.25) is 0 Å². The molecular formula is C11H11F3O. The van der Waals surface area contributed by atoms with Gasteiger partial charge >= 0.3 is 6.18 Å². The number of benzene rings is 1. The third kappa shape index (κ3) is 2.81. The van der Waals surface area contributed by atoms with Crippen molar-refractivity contribution in [3.05, 3.63) is 34.9 Å². The van der Waals surface area contributed by atoms with Gasteiger partial charge in [0.25, 0.3) is 0 Å². The van der Waals surface area contributed by atoms with Crippen molar-refractivity contribution >= 4 is 5.78 Å². The second-order valence-corrected chi connectivity index (χ2v) is 3.36. The molecule has 0 radical (unpaired) electrons. The summed E-state index contributed by atoms with van der Waals surface area (Å²) in [6.07, 6.45) is -4.18. The Morgan fingerprint density at radius 2 is 1.87 bits per heavy atom. The highest BCUT2D eigenvalue weighted by molar-refractivity contribution is 5.96. The first-order valence-corrected chi connectivity index (χ1v) is 4.56. The van der Waals surface area contributed by atoms with Crippen LogP contribution in [0, 0.1) is 6.92 Å². The van der Waals surface area contributed by atoms with Crippen LogP contribution in [0.2, 0.25) is 0 Å². The lowest BCUT2D eigenvalue weighted by Gasteiger charge is -2.09. The van der Waals surface area contributed by atoms with Crippen molar-refractivity contribution in [1.29, 1.82) is 0 Å². The minimum atomic E-state index is -4.39. The molecule has 0 unspecified atom stereocenters. The molecule has 0 saturated carbocycles. The molecule has 0 aromatic heterocycles. The number of ketones is 1. The van der Waals surface area contributed by atoms with Gasteiger partial charge in [-0.05, 0) is 30.7 Å². The summed E-state index contributed by atoms with van der Waals surface area (Å²) in [5.41, 5.74) is -0.189. The number of hydrogen-bond donors (Lipinski definition) is 0. The van der Waals surface area contributed by atoms with Gasteiger partial charge in [0.05, 0.1) is 5.56 Å². The fourth-order valence-electron chi connectivity index (χ4n) is 1.31. The molecule has 0 atom stereocenters. The third-order valence-corrected chi connectivity index (χ3v) is 2.05. The highest BCUT2D eigenvalue weighted by Gasteiger charge is 2.31. The van der Waals surface area contributed by atoms with E-state index in [4.69, 9.17) is 0 Å². The number of halogens is 3. The first kappa shape index (κ1) is 11.8. The van der Waals surface area contributed by atoms with E-state index in [-0.39, 0.29) is 17.8 Å². The zero-order chi connectivity index (χ0) is 11.6. The Bertz CT molecular complexity index is 380. The van der Waals surface area contributed by atoms with Gasteiger partial charge in [-0.2, -0.15) is 13.2 Å². The Kier molecular flexibility index (Phi) is 3.17. The van der Waals surface area contributed by atoms with Crippen molar-refractivity contribution < 1.29 is 18.0 Å². The number of carbonyl (C=O) groups is 1. The highest BCUT2D eigenvalue weighted by atomic mass is 19.4. The van der Waals surface area contributed by atoms with Gasteiger partial charge in [-0.1, -0.05) is 6.92 Å². The predicted molar refractivity (Wildman–Crippen MR) is 50.8 cm³/mol. The molecule has 15 heavy (non-hydrogen) atoms. The lowest BCUT2D eigenvalue weighted by Crippen LogP contribution is -2.08. The molecule has 0 aliphatic heterocycles. The van der Waals surface area contributed by atoms with Gasteiger partial charge in [0, 0.05) is 12.0 Å². The lowest BCUT2D eigenvalue weighted by molar-refractivity contribution is -0.137. The molecule has 1 nitrogen and oxygen atoms in total. The van der Waals surface area contributed by atoms with Crippen molar-refractivity contribution in [3.63, 3.8) is 0 Å². The number of rotatable bonds is 2. The van der Waals surface area contributed by atoms with Gasteiger partial charge < -0.3 is 0 Å². The summed E-state index contributed by atoms with van der Waals surface area (Å²) in [6.45, 7) is 3.17. The zero-order valence-corrected chi connectivity index (χ0v) is 8.48. The van der Waals surface area contributed by atoms with Crippen LogP contribution in [0.5, 0.6) is 0 Å². The number of carbonyl (C=O) groups excluding carboxylic acids is 1. The standard InChI is InChI=1S/C11H11F3O/c1-3-10(15)8-4-7(2)5-9(6-8)11(12,13)14/h4-6H,3H2,1-2H3. The topological polar surface area (TPSA) is 17.1 Å². The number of aryl methyl sites for hydroxylation is 1. The fraction of sp³-hybridized carbons (Fsp3) is 0.364. The molecule has 0 fully saturated rings. The van der Waals surface area contributed by atoms with Gasteiger partial charge in [0.1, 0.15) is 0 Å². The molecule has 4 heteroatoms. The number of hydrogen-bond acceptors (Lipinski definition) is 1. The average molecular weight is 216 g/mol. The van der Waals surface area contributed by atoms with Crippen LogP contribution in [0.3, 0.4) is 0 Å². The van der Waals surface area contributed by atoms with E-state index >= 15 is 0 Å². The monoisotopic (exact) mass is 216 g/mol. The normalized spacial score (nSPS) is 11.5. The van der Waals surface area contributed by atoms with Crippen LogP contribution in [-0.2, 0) is 6.18 Å². The minimum absolute atomic E-state index is 0.129. The van der Waals surface area contributed by atoms with Crippen LogP contribution in [0.15, 0.2) is 18.2 Å². The first-order chi connectivity index (χ1) is 6.84. The van der Waals surface area contributed by atoms with Crippen LogP contribution in [0.4, 0.5) is 13.2 Å². The number of alkyl halides is 3. The van der Waals surface area contributed by atoms with Crippen LogP contribution in [-0.4, -0.2) is 5.78 Å². The Morgan fingerprint density at radius 1 is 1.27 bits per heavy atom. The highest BCUT2D eigenvalue weighted by Crippen LogP contribution is 2.30. The van der Waals surface area contributed by atoms with Crippen molar-refractivity contribution in [2.24, 2.45) is 0 Å². The van der Waals surface area contributed by atoms with Gasteiger partial charge in [-0.15, -0.1) is 0 Å². The molecule has 1 aromatic rings. The summed E-state index contributed by atoms with van der Waals surface area (Å²) < 4.78 is 37.2. The molecule has 0 bridgehead atoms. The molecule has 1 aromatic carbocycles. The van der Waals surface area contributed by atoms with E-state index in [1.807, 2.05) is 0 Å². The predicted octanol–water partition coefficient (Wildman–Crippen LogP) is 3.61. The fourth-order valence-corrected chi connectivity index (χ4v) is 1.31. The maximum atomic E-state index is 12.4. The molecule has 0 N–H and O–H groups in total. The van der Waals surface area contributed by atoms with Crippen LogP contribution >= 0.6 is 0 Å². The maximum Gasteiger partial charge on any atom is 0.416 e. The largest absolute Gasteiger partial charge is 0.416 e. The Balaban J connectivity index is 3.23. The molecule has 0 aliphatic rings. The van der Waals surface area contributed by atoms with Crippen molar-refractivity contribution in [1.82, 2.24) is 0 Å². The van der Waals surface area contributed by atoms with Crippen LogP contribution in [0.1, 0.15) is 34.8 Å². The summed E-state index contributed by atoms with van der Waals surface area (Å²) in [7, 11) is 0. The summed E-state index contributed by atoms with van der Waals surface area (Å²) in [4.78, 5) is 11.3. The molecule has 0 aliphatic carbocycles. The Hall–Kier alpha value is -1.32. The lowest BCUT2D eigenvalue weighted by atomic mass is 10.0. The first-order valence-electron chi connectivity index (χ1n) is 4.56. The molecule has 0 spiro atoms. The summed E-state index contributed by atoms with van der Waals surface area (Å²) >= 11 is 0. The summed E-state index contributed by atoms with van der Waals surface area (Å²) in [5, 5.41) is 0. The molecular weight excluding hydrogens is 205 g/mol. The average Bonchev–Trinajstić information content (AvgIpc) is 2.14. The SMILES string of the molecule is CCC(=O)c1cc(C)cc(C(F)(F)F)c1. The Labute approximate surface area is 85.9 Å². The van der Waals surface area contributed by atoms with Gasteiger partial charge in [-0.25, -0.2) is 0 Å². The Morgan fingerprint density at radius 3 is 2.33 bits per heavy atom. The molecule has 0 saturated heterocycles. The minimum Gasteiger partial charge on any atom is -0.294 e. The molecule has 0 heterocycles. The summed E-state index contributed by atoms with van der Waals surface area (Å²) in [6, 6.07) is 3.41. The second kappa shape index (κ2) is 4.04. The second-order valence-electron chi connectivity index (χ2n) is 3.36. The van der Waals surface area contributed by atoms with E-state index in [0.29, 0.717) is 5.56 Å². The quantitative estimate of drug-likeness (QED) is 0.690. The van der Waals surface area contributed by atoms with E-state index < -0.39 is 11.7 Å². The molecule has 0 amide bonds. The zero-order valence-electron chi connectivity index (χ0n) is 8.48. The van der Waals surface area contributed by atoms with E-state index in [1.54, 1.807) is 13.8 Å². The van der Waals surface area contributed by atoms with Crippen LogP contribution < -0.4 is 0 Å². The molecule has 1 rings (SSSR count). The van der Waals surface area contributed by atoms with Crippen molar-refractivity contribution in [2.45, 2.75) is 26.4 Å². The van der Waals surface area contributed by atoms with E-state index in [1.165, 1.54) is 6.07 Å². The van der Waals surface area contributed by atoms with E-state index in [0.717, 1.165) is 12.1 Å². The van der Waals surface area contributed by atoms with Crippen molar-refractivity contribution in [3.8, 4) is 0 Å². The summed E-state index contributed by atoms with van der Waals surface area (Å²) in [5.74, 6) is -0.274. The van der Waals surface area contributed by atoms with E-state index in [9.17, 15) is 18.0 Å². The van der Waals surface area contributed by atoms with Gasteiger partial charge in [0.15, 0.2) is 5.78 Å². The van der Waals surface area contributed by atoms with Gasteiger partial charge in [-0.3, -0.25) is 4.79 Å². The van der Waals surface area contributed by atoms with Crippen LogP contribution in [0.25, 0.3) is 0 Å². The number of Topliss-reactive ketones (excluding diaryl/α,β-unsaturated/α-hetero) is 1. The van der Waals surface area contributed by atoms with E-state index in [2.05, 4.69) is 0 Å². The third-order valence-electron chi connectivity index (χ3n) is 2.05. The smallest absolute Gasteiger partial charge is 0.294 e. The maximum absolute atomic E-state index is 12.4. The molecule has 82 valence electrons.